The van der Waals surface area contributed by atoms with Crippen molar-refractivity contribution in [3.63, 3.8) is 0 Å². The second kappa shape index (κ2) is 8.65. The lowest BCUT2D eigenvalue weighted by Crippen LogP contribution is -2.15. The third-order valence-electron chi connectivity index (χ3n) is 9.08. The van der Waals surface area contributed by atoms with Crippen LogP contribution in [0.1, 0.15) is 30.5 Å². The van der Waals surface area contributed by atoms with Gasteiger partial charge < -0.3 is 0 Å². The summed E-state index contributed by atoms with van der Waals surface area (Å²) < 4.78 is 0. The first-order valence-electron chi connectivity index (χ1n) is 14.2. The van der Waals surface area contributed by atoms with Gasteiger partial charge in [-0.2, -0.15) is 5.26 Å². The topological polar surface area (TPSA) is 23.8 Å². The number of hydrogen-bond donors (Lipinski definition) is 0. The molecule has 7 aromatic carbocycles. The monoisotopic (exact) mass is 521 g/mol. The molecule has 0 unspecified atom stereocenters. The highest BCUT2D eigenvalue weighted by molar-refractivity contribution is 6.23. The van der Waals surface area contributed by atoms with Crippen LogP contribution in [0.15, 0.2) is 127 Å². The second-order valence-corrected chi connectivity index (χ2v) is 11.6. The number of rotatable bonds is 2. The Kier molecular flexibility index (Phi) is 5.00. The second-order valence-electron chi connectivity index (χ2n) is 11.6. The maximum absolute atomic E-state index is 9.55. The molecule has 0 amide bonds. The van der Waals surface area contributed by atoms with Gasteiger partial charge in [-0.05, 0) is 95.0 Å². The summed E-state index contributed by atoms with van der Waals surface area (Å²) >= 11 is 0. The van der Waals surface area contributed by atoms with Gasteiger partial charge >= 0.3 is 0 Å². The molecule has 8 rings (SSSR count). The molecule has 0 atom stereocenters. The zero-order chi connectivity index (χ0) is 27.7. The Hall–Kier alpha value is -5.19. The Labute approximate surface area is 239 Å². The van der Waals surface area contributed by atoms with Gasteiger partial charge in [-0.15, -0.1) is 0 Å². The van der Waals surface area contributed by atoms with E-state index in [2.05, 4.69) is 135 Å². The molecule has 0 N–H and O–H groups in total. The number of nitrogens with zero attached hydrogens (tertiary/aromatic N) is 1. The lowest BCUT2D eigenvalue weighted by atomic mass is 9.80. The Bertz CT molecular complexity index is 2180. The SMILES string of the molecule is CC1(C)c2ccc(C#N)cc2-c2ccc(-c3c4ccccc4c(-c4cccc5ccccc45)c4ccccc34)cc21. The molecule has 7 aromatic rings. The normalized spacial score (nSPS) is 13.3. The average molecular weight is 522 g/mol. The first kappa shape index (κ1) is 23.7. The van der Waals surface area contributed by atoms with Crippen LogP contribution < -0.4 is 0 Å². The highest BCUT2D eigenvalue weighted by Gasteiger charge is 2.36. The molecule has 0 radical (unpaired) electrons. The Morgan fingerprint density at radius 3 is 1.78 bits per heavy atom. The van der Waals surface area contributed by atoms with Gasteiger partial charge in [0.25, 0.3) is 0 Å². The van der Waals surface area contributed by atoms with E-state index >= 15 is 0 Å². The van der Waals surface area contributed by atoms with Crippen molar-refractivity contribution in [3.8, 4) is 39.4 Å². The molecular formula is C40H27N. The van der Waals surface area contributed by atoms with E-state index in [1.54, 1.807) is 0 Å². The summed E-state index contributed by atoms with van der Waals surface area (Å²) in [6.07, 6.45) is 0. The summed E-state index contributed by atoms with van der Waals surface area (Å²) in [5.74, 6) is 0. The molecule has 0 aromatic heterocycles. The predicted molar refractivity (Wildman–Crippen MR) is 172 cm³/mol. The molecule has 41 heavy (non-hydrogen) atoms. The Balaban J connectivity index is 1.45. The summed E-state index contributed by atoms with van der Waals surface area (Å²) in [5.41, 5.74) is 10.6. The molecule has 1 aliphatic carbocycles. The van der Waals surface area contributed by atoms with E-state index in [9.17, 15) is 5.26 Å². The first-order chi connectivity index (χ1) is 20.1. The quantitative estimate of drug-likeness (QED) is 0.208. The lowest BCUT2D eigenvalue weighted by molar-refractivity contribution is 0.660. The zero-order valence-corrected chi connectivity index (χ0v) is 23.1. The summed E-state index contributed by atoms with van der Waals surface area (Å²) in [6, 6.07) is 48.4. The van der Waals surface area contributed by atoms with Crippen LogP contribution in [-0.2, 0) is 5.41 Å². The smallest absolute Gasteiger partial charge is 0.0991 e. The van der Waals surface area contributed by atoms with Gasteiger partial charge in [0.15, 0.2) is 0 Å². The minimum Gasteiger partial charge on any atom is -0.192 e. The van der Waals surface area contributed by atoms with Gasteiger partial charge in [0.1, 0.15) is 0 Å². The molecule has 0 heterocycles. The number of nitriles is 1. The van der Waals surface area contributed by atoms with Crippen LogP contribution >= 0.6 is 0 Å². The first-order valence-corrected chi connectivity index (χ1v) is 14.2. The van der Waals surface area contributed by atoms with Crippen molar-refractivity contribution >= 4 is 32.3 Å². The average Bonchev–Trinajstić information content (AvgIpc) is 3.24. The summed E-state index contributed by atoms with van der Waals surface area (Å²) in [4.78, 5) is 0. The minimum atomic E-state index is -0.150. The minimum absolute atomic E-state index is 0.150. The fourth-order valence-electron chi connectivity index (χ4n) is 7.15. The fraction of sp³-hybridized carbons (Fsp3) is 0.0750. The van der Waals surface area contributed by atoms with Crippen molar-refractivity contribution < 1.29 is 0 Å². The van der Waals surface area contributed by atoms with Crippen LogP contribution in [0.2, 0.25) is 0 Å². The van der Waals surface area contributed by atoms with Gasteiger partial charge in [0.2, 0.25) is 0 Å². The van der Waals surface area contributed by atoms with Crippen LogP contribution in [-0.4, -0.2) is 0 Å². The third-order valence-corrected chi connectivity index (χ3v) is 9.08. The highest BCUT2D eigenvalue weighted by atomic mass is 14.4. The maximum Gasteiger partial charge on any atom is 0.0991 e. The molecular weight excluding hydrogens is 494 g/mol. The van der Waals surface area contributed by atoms with E-state index in [1.807, 2.05) is 12.1 Å². The molecule has 0 saturated heterocycles. The van der Waals surface area contributed by atoms with Crippen molar-refractivity contribution in [2.45, 2.75) is 19.3 Å². The molecule has 1 aliphatic rings. The van der Waals surface area contributed by atoms with Crippen LogP contribution in [0.25, 0.3) is 65.7 Å². The third kappa shape index (κ3) is 3.35. The van der Waals surface area contributed by atoms with Crippen LogP contribution in [0.5, 0.6) is 0 Å². The summed E-state index contributed by atoms with van der Waals surface area (Å²) in [5, 5.41) is 17.1. The highest BCUT2D eigenvalue weighted by Crippen LogP contribution is 2.51. The zero-order valence-electron chi connectivity index (χ0n) is 23.1. The van der Waals surface area contributed by atoms with Crippen molar-refractivity contribution in [1.82, 2.24) is 0 Å². The van der Waals surface area contributed by atoms with E-state index in [1.165, 1.54) is 76.8 Å². The molecule has 0 saturated carbocycles. The fourth-order valence-corrected chi connectivity index (χ4v) is 7.15. The number of fused-ring (bicyclic) bond motifs is 6. The molecule has 192 valence electrons. The predicted octanol–water partition coefficient (Wildman–Crippen LogP) is 10.7. The standard InChI is InChI=1S/C40H27N/c1-40(2)36-21-18-25(24-41)22-35(36)29-20-19-27(23-37(29)40)38-31-13-5-7-15-33(31)39(34-16-8-6-14-32(34)38)30-17-9-11-26-10-3-4-12-28(26)30/h3-23H,1-2H3. The lowest BCUT2D eigenvalue weighted by Gasteiger charge is -2.23. The number of benzene rings is 7. The molecule has 0 spiro atoms. The van der Waals surface area contributed by atoms with Gasteiger partial charge in [-0.25, -0.2) is 0 Å². The van der Waals surface area contributed by atoms with Gasteiger partial charge in [-0.1, -0.05) is 123 Å². The van der Waals surface area contributed by atoms with Gasteiger partial charge in [0, 0.05) is 5.41 Å². The van der Waals surface area contributed by atoms with Crippen LogP contribution in [0.3, 0.4) is 0 Å². The summed E-state index contributed by atoms with van der Waals surface area (Å²) in [6.45, 7) is 4.60. The van der Waals surface area contributed by atoms with E-state index in [4.69, 9.17) is 0 Å². The van der Waals surface area contributed by atoms with E-state index in [0.717, 1.165) is 0 Å². The molecule has 0 bridgehead atoms. The Morgan fingerprint density at radius 2 is 1.10 bits per heavy atom. The molecule has 0 fully saturated rings. The molecule has 0 aliphatic heterocycles. The van der Waals surface area contributed by atoms with E-state index < -0.39 is 0 Å². The van der Waals surface area contributed by atoms with Crippen LogP contribution in [0, 0.1) is 11.3 Å². The van der Waals surface area contributed by atoms with Gasteiger partial charge in [-0.3, -0.25) is 0 Å². The van der Waals surface area contributed by atoms with E-state index in [0.29, 0.717) is 5.56 Å². The Morgan fingerprint density at radius 1 is 0.488 bits per heavy atom. The van der Waals surface area contributed by atoms with Crippen molar-refractivity contribution in [3.05, 3.63) is 144 Å². The summed E-state index contributed by atoms with van der Waals surface area (Å²) in [7, 11) is 0. The van der Waals surface area contributed by atoms with Crippen molar-refractivity contribution in [2.24, 2.45) is 0 Å². The largest absolute Gasteiger partial charge is 0.192 e. The van der Waals surface area contributed by atoms with Gasteiger partial charge in [0.05, 0.1) is 11.6 Å². The van der Waals surface area contributed by atoms with E-state index in [-0.39, 0.29) is 5.41 Å². The molecule has 1 heteroatoms. The number of hydrogen-bond acceptors (Lipinski definition) is 1. The van der Waals surface area contributed by atoms with Crippen LogP contribution in [0.4, 0.5) is 0 Å². The maximum atomic E-state index is 9.55. The van der Waals surface area contributed by atoms with Crippen molar-refractivity contribution in [2.75, 3.05) is 0 Å². The van der Waals surface area contributed by atoms with Crippen molar-refractivity contribution in [1.29, 1.82) is 5.26 Å². The molecule has 1 nitrogen and oxygen atoms in total.